The molecule has 0 atom stereocenters. The van der Waals surface area contributed by atoms with Gasteiger partial charge in [-0.3, -0.25) is 4.79 Å². The van der Waals surface area contributed by atoms with Crippen LogP contribution in [0.15, 0.2) is 18.2 Å². The first kappa shape index (κ1) is 17.5. The van der Waals surface area contributed by atoms with E-state index in [2.05, 4.69) is 56.1 Å². The lowest BCUT2D eigenvalue weighted by molar-refractivity contribution is -0.116. The molecule has 1 aromatic carbocycles. The number of nitrogens with one attached hydrogen (secondary N) is 1. The number of carbonyl (C=O) groups is 1. The van der Waals surface area contributed by atoms with Gasteiger partial charge in [0.05, 0.1) is 6.54 Å². The number of anilines is 1. The predicted octanol–water partition coefficient (Wildman–Crippen LogP) is 2.58. The lowest BCUT2D eigenvalue weighted by Gasteiger charge is -2.25. The van der Waals surface area contributed by atoms with Gasteiger partial charge in [-0.05, 0) is 30.5 Å². The molecule has 21 heavy (non-hydrogen) atoms. The molecule has 4 heteroatoms. The fourth-order valence-corrected chi connectivity index (χ4v) is 2.33. The first-order chi connectivity index (χ1) is 9.93. The maximum Gasteiger partial charge on any atom is 0.236 e. The number of amides is 1. The van der Waals surface area contributed by atoms with Gasteiger partial charge >= 0.3 is 0 Å². The summed E-state index contributed by atoms with van der Waals surface area (Å²) < 4.78 is 0. The van der Waals surface area contributed by atoms with Crippen molar-refractivity contribution < 1.29 is 4.79 Å². The van der Waals surface area contributed by atoms with E-state index in [1.807, 2.05) is 0 Å². The van der Waals surface area contributed by atoms with Crippen LogP contribution in [0.25, 0.3) is 0 Å². The zero-order valence-electron chi connectivity index (χ0n) is 13.8. The Kier molecular flexibility index (Phi) is 7.23. The Bertz CT molecular complexity index is 457. The Labute approximate surface area is 128 Å². The molecule has 0 saturated heterocycles. The monoisotopic (exact) mass is 291 g/mol. The molecule has 1 rings (SSSR count). The number of benzene rings is 1. The molecule has 0 bridgehead atoms. The lowest BCUT2D eigenvalue weighted by Crippen LogP contribution is -2.35. The molecule has 0 heterocycles. The second-order valence-corrected chi connectivity index (χ2v) is 5.90. The van der Waals surface area contributed by atoms with Crippen LogP contribution in [0.4, 0.5) is 5.69 Å². The molecule has 4 nitrogen and oxygen atoms in total. The zero-order chi connectivity index (χ0) is 15.8. The quantitative estimate of drug-likeness (QED) is 0.735. The van der Waals surface area contributed by atoms with E-state index in [9.17, 15) is 4.79 Å². The Hall–Kier alpha value is -1.55. The molecule has 0 spiro atoms. The first-order valence-corrected chi connectivity index (χ1v) is 7.80. The van der Waals surface area contributed by atoms with E-state index in [-0.39, 0.29) is 12.5 Å². The Balaban J connectivity index is 2.85. The maximum absolute atomic E-state index is 11.3. The smallest absolute Gasteiger partial charge is 0.236 e. The summed E-state index contributed by atoms with van der Waals surface area (Å²) in [6.07, 6.45) is 2.16. The average Bonchev–Trinajstić information content (AvgIpc) is 2.41. The number of rotatable bonds is 9. The van der Waals surface area contributed by atoms with E-state index >= 15 is 0 Å². The van der Waals surface area contributed by atoms with Gasteiger partial charge in [0.15, 0.2) is 0 Å². The minimum absolute atomic E-state index is 0.281. The fourth-order valence-electron chi connectivity index (χ4n) is 2.33. The number of nitrogens with two attached hydrogens (primary N) is 1. The summed E-state index contributed by atoms with van der Waals surface area (Å²) in [6, 6.07) is 6.88. The van der Waals surface area contributed by atoms with Crippen molar-refractivity contribution in [1.29, 1.82) is 0 Å². The molecule has 1 amide bonds. The summed E-state index contributed by atoms with van der Waals surface area (Å²) in [6.45, 7) is 10.5. The molecule has 0 aliphatic rings. The highest BCUT2D eigenvalue weighted by molar-refractivity contribution is 5.80. The van der Waals surface area contributed by atoms with E-state index in [0.29, 0.717) is 6.04 Å². The van der Waals surface area contributed by atoms with Crippen LogP contribution in [0.1, 0.15) is 44.7 Å². The standard InChI is InChI=1S/C17H29N3O/c1-5-6-9-20(12-17(18)21)16-8-7-15(10-14(16)4)11-19-13(2)3/h7-8,10,13,19H,5-6,9,11-12H2,1-4H3,(H2,18,21). The van der Waals surface area contributed by atoms with Gasteiger partial charge in [-0.1, -0.05) is 39.3 Å². The number of unbranched alkanes of at least 4 members (excludes halogenated alkanes) is 1. The molecule has 0 radical (unpaired) electrons. The number of hydrogen-bond acceptors (Lipinski definition) is 3. The molecule has 0 saturated carbocycles. The predicted molar refractivity (Wildman–Crippen MR) is 89.5 cm³/mol. The molecule has 3 N–H and O–H groups in total. The average molecular weight is 291 g/mol. The van der Waals surface area contributed by atoms with Gasteiger partial charge in [0, 0.05) is 24.8 Å². The van der Waals surface area contributed by atoms with Crippen LogP contribution < -0.4 is 16.0 Å². The molecular formula is C17H29N3O. The van der Waals surface area contributed by atoms with Crippen LogP contribution in [0.5, 0.6) is 0 Å². The van der Waals surface area contributed by atoms with Crippen molar-refractivity contribution in [3.05, 3.63) is 29.3 Å². The maximum atomic E-state index is 11.3. The summed E-state index contributed by atoms with van der Waals surface area (Å²) in [5.41, 5.74) is 8.93. The Morgan fingerprint density at radius 2 is 2.10 bits per heavy atom. The molecule has 0 aromatic heterocycles. The van der Waals surface area contributed by atoms with Crippen LogP contribution >= 0.6 is 0 Å². The van der Waals surface area contributed by atoms with Crippen LogP contribution in [-0.4, -0.2) is 25.0 Å². The number of primary amides is 1. The van der Waals surface area contributed by atoms with Crippen LogP contribution in [-0.2, 0) is 11.3 Å². The number of hydrogen-bond donors (Lipinski definition) is 2. The highest BCUT2D eigenvalue weighted by Gasteiger charge is 2.12. The van der Waals surface area contributed by atoms with Crippen molar-refractivity contribution in [1.82, 2.24) is 5.32 Å². The van der Waals surface area contributed by atoms with E-state index in [1.54, 1.807) is 0 Å². The molecule has 0 fully saturated rings. The van der Waals surface area contributed by atoms with Crippen LogP contribution in [0, 0.1) is 6.92 Å². The van der Waals surface area contributed by atoms with Crippen molar-refractivity contribution >= 4 is 11.6 Å². The summed E-state index contributed by atoms with van der Waals surface area (Å²) in [5, 5.41) is 3.42. The van der Waals surface area contributed by atoms with E-state index in [4.69, 9.17) is 5.73 Å². The summed E-state index contributed by atoms with van der Waals surface area (Å²) in [4.78, 5) is 13.4. The normalized spacial score (nSPS) is 10.9. The van der Waals surface area contributed by atoms with E-state index in [0.717, 1.165) is 31.6 Å². The largest absolute Gasteiger partial charge is 0.368 e. The number of carbonyl (C=O) groups excluding carboxylic acids is 1. The van der Waals surface area contributed by atoms with Crippen LogP contribution in [0.2, 0.25) is 0 Å². The van der Waals surface area contributed by atoms with Gasteiger partial charge in [-0.25, -0.2) is 0 Å². The van der Waals surface area contributed by atoms with Crippen molar-refractivity contribution in [2.45, 2.75) is 53.1 Å². The second kappa shape index (κ2) is 8.67. The minimum Gasteiger partial charge on any atom is -0.368 e. The van der Waals surface area contributed by atoms with E-state index < -0.39 is 0 Å². The van der Waals surface area contributed by atoms with Gasteiger partial charge in [0.1, 0.15) is 0 Å². The van der Waals surface area contributed by atoms with Crippen molar-refractivity contribution in [2.75, 3.05) is 18.0 Å². The third kappa shape index (κ3) is 6.17. The topological polar surface area (TPSA) is 58.4 Å². The summed E-state index contributed by atoms with van der Waals surface area (Å²) >= 11 is 0. The van der Waals surface area contributed by atoms with Gasteiger partial charge in [0.25, 0.3) is 0 Å². The second-order valence-electron chi connectivity index (χ2n) is 5.90. The summed E-state index contributed by atoms with van der Waals surface area (Å²) in [7, 11) is 0. The summed E-state index contributed by atoms with van der Waals surface area (Å²) in [5.74, 6) is -0.281. The molecule has 0 unspecified atom stereocenters. The number of nitrogens with zero attached hydrogens (tertiary/aromatic N) is 1. The fraction of sp³-hybridized carbons (Fsp3) is 0.588. The third-order valence-corrected chi connectivity index (χ3v) is 3.44. The zero-order valence-corrected chi connectivity index (χ0v) is 13.8. The Morgan fingerprint density at radius 1 is 1.38 bits per heavy atom. The van der Waals surface area contributed by atoms with Gasteiger partial charge in [0.2, 0.25) is 5.91 Å². The molecule has 1 aromatic rings. The van der Waals surface area contributed by atoms with Crippen molar-refractivity contribution in [3.63, 3.8) is 0 Å². The van der Waals surface area contributed by atoms with Crippen molar-refractivity contribution in [2.24, 2.45) is 5.73 Å². The molecule has 118 valence electrons. The van der Waals surface area contributed by atoms with Gasteiger partial charge < -0.3 is 16.0 Å². The van der Waals surface area contributed by atoms with Crippen LogP contribution in [0.3, 0.4) is 0 Å². The number of aryl methyl sites for hydroxylation is 1. The molecule has 0 aliphatic carbocycles. The van der Waals surface area contributed by atoms with Crippen molar-refractivity contribution in [3.8, 4) is 0 Å². The third-order valence-electron chi connectivity index (χ3n) is 3.44. The first-order valence-electron chi connectivity index (χ1n) is 7.80. The van der Waals surface area contributed by atoms with Gasteiger partial charge in [-0.15, -0.1) is 0 Å². The SMILES string of the molecule is CCCCN(CC(N)=O)c1ccc(CNC(C)C)cc1C. The minimum atomic E-state index is -0.281. The molecular weight excluding hydrogens is 262 g/mol. The van der Waals surface area contributed by atoms with E-state index in [1.165, 1.54) is 11.1 Å². The highest BCUT2D eigenvalue weighted by atomic mass is 16.1. The highest BCUT2D eigenvalue weighted by Crippen LogP contribution is 2.22. The Morgan fingerprint density at radius 3 is 2.62 bits per heavy atom. The van der Waals surface area contributed by atoms with Gasteiger partial charge in [-0.2, -0.15) is 0 Å². The lowest BCUT2D eigenvalue weighted by atomic mass is 10.1. The molecule has 0 aliphatic heterocycles.